The highest BCUT2D eigenvalue weighted by atomic mass is 16.3. The van der Waals surface area contributed by atoms with Crippen LogP contribution in [0.4, 0.5) is 0 Å². The summed E-state index contributed by atoms with van der Waals surface area (Å²) >= 11 is 0. The average molecular weight is 204 g/mol. The Kier molecular flexibility index (Phi) is 2.39. The number of aliphatic hydroxyl groups is 1. The van der Waals surface area contributed by atoms with Gasteiger partial charge in [0, 0.05) is 6.42 Å². The van der Waals surface area contributed by atoms with Crippen molar-refractivity contribution in [1.29, 1.82) is 0 Å². The van der Waals surface area contributed by atoms with Crippen LogP contribution in [0.3, 0.4) is 0 Å². The molecule has 0 saturated heterocycles. The van der Waals surface area contributed by atoms with Crippen LogP contribution in [-0.4, -0.2) is 16.5 Å². The first kappa shape index (κ1) is 10.4. The summed E-state index contributed by atoms with van der Waals surface area (Å²) in [6.45, 7) is 3.11. The summed E-state index contributed by atoms with van der Waals surface area (Å²) in [5.41, 5.74) is 1.42. The van der Waals surface area contributed by atoms with Crippen LogP contribution in [0, 0.1) is 0 Å². The van der Waals surface area contributed by atoms with Crippen molar-refractivity contribution in [2.75, 3.05) is 0 Å². The van der Waals surface area contributed by atoms with Crippen molar-refractivity contribution in [2.45, 2.75) is 38.2 Å². The van der Waals surface area contributed by atoms with Gasteiger partial charge in [0.05, 0.1) is 0 Å². The van der Waals surface area contributed by atoms with E-state index in [1.54, 1.807) is 13.8 Å². The molecule has 15 heavy (non-hydrogen) atoms. The third kappa shape index (κ3) is 1.95. The van der Waals surface area contributed by atoms with Gasteiger partial charge in [-0.15, -0.1) is 0 Å². The molecule has 0 fully saturated rings. The van der Waals surface area contributed by atoms with E-state index in [4.69, 9.17) is 0 Å². The zero-order chi connectivity index (χ0) is 11.1. The molecule has 0 bridgehead atoms. The Morgan fingerprint density at radius 2 is 2.13 bits per heavy atom. The van der Waals surface area contributed by atoms with Crippen LogP contribution in [0.1, 0.15) is 37.3 Å². The number of ketones is 1. The van der Waals surface area contributed by atoms with Crippen molar-refractivity contribution in [1.82, 2.24) is 0 Å². The molecule has 0 radical (unpaired) electrons. The highest BCUT2D eigenvalue weighted by Crippen LogP contribution is 2.38. The normalized spacial score (nSPS) is 19.3. The molecule has 1 aliphatic rings. The van der Waals surface area contributed by atoms with Gasteiger partial charge in [-0.25, -0.2) is 0 Å². The van der Waals surface area contributed by atoms with Crippen molar-refractivity contribution in [2.24, 2.45) is 0 Å². The molecule has 1 aromatic carbocycles. The fourth-order valence-electron chi connectivity index (χ4n) is 2.02. The Balaban J connectivity index is 2.04. The second kappa shape index (κ2) is 3.46. The van der Waals surface area contributed by atoms with Gasteiger partial charge >= 0.3 is 0 Å². The third-order valence-electron chi connectivity index (χ3n) is 3.08. The molecular weight excluding hydrogens is 188 g/mol. The molecule has 1 aromatic rings. The Labute approximate surface area is 89.9 Å². The van der Waals surface area contributed by atoms with Gasteiger partial charge < -0.3 is 5.11 Å². The quantitative estimate of drug-likeness (QED) is 0.818. The number of hydrogen-bond donors (Lipinski definition) is 1. The second-order valence-corrected chi connectivity index (χ2v) is 4.79. The molecule has 0 saturated carbocycles. The molecule has 0 amide bonds. The minimum atomic E-state index is -1.19. The van der Waals surface area contributed by atoms with Crippen LogP contribution in [0.5, 0.6) is 0 Å². The van der Waals surface area contributed by atoms with E-state index in [9.17, 15) is 9.90 Å². The Hall–Kier alpha value is -1.15. The van der Waals surface area contributed by atoms with Gasteiger partial charge in [-0.3, -0.25) is 4.79 Å². The summed E-state index contributed by atoms with van der Waals surface area (Å²) in [7, 11) is 0. The number of Topliss-reactive ketones (excluding diaryl/α,β-unsaturated/α-hetero) is 1. The minimum Gasteiger partial charge on any atom is -0.383 e. The molecule has 0 spiro atoms. The number of fused-ring (bicyclic) bond motifs is 1. The predicted octanol–water partition coefficient (Wildman–Crippen LogP) is 2.06. The monoisotopic (exact) mass is 204 g/mol. The second-order valence-electron chi connectivity index (χ2n) is 4.79. The van der Waals surface area contributed by atoms with E-state index < -0.39 is 5.60 Å². The number of rotatable bonds is 3. The van der Waals surface area contributed by atoms with E-state index in [1.165, 1.54) is 11.1 Å². The van der Waals surface area contributed by atoms with Gasteiger partial charge in [0.25, 0.3) is 0 Å². The summed E-state index contributed by atoms with van der Waals surface area (Å²) < 4.78 is 0. The molecule has 2 rings (SSSR count). The maximum Gasteiger partial charge on any atom is 0.164 e. The molecule has 0 heterocycles. The van der Waals surface area contributed by atoms with Gasteiger partial charge in [-0.1, -0.05) is 24.3 Å². The molecule has 2 heteroatoms. The smallest absolute Gasteiger partial charge is 0.164 e. The summed E-state index contributed by atoms with van der Waals surface area (Å²) in [5, 5.41) is 9.55. The Bertz CT molecular complexity index is 388. The molecule has 1 unspecified atom stereocenters. The maximum atomic E-state index is 11.6. The standard InChI is InChI=1S/C13H16O2/c1-13(2,15)12(14)8-10-7-9-5-3-4-6-11(9)10/h3-6,10,15H,7-8H2,1-2H3. The van der Waals surface area contributed by atoms with Crippen LogP contribution in [-0.2, 0) is 11.2 Å². The number of benzene rings is 1. The van der Waals surface area contributed by atoms with E-state index in [1.807, 2.05) is 12.1 Å². The summed E-state index contributed by atoms with van der Waals surface area (Å²) in [4.78, 5) is 11.6. The first-order valence-electron chi connectivity index (χ1n) is 5.32. The van der Waals surface area contributed by atoms with Crippen molar-refractivity contribution < 1.29 is 9.90 Å². The first-order valence-corrected chi connectivity index (χ1v) is 5.32. The first-order chi connectivity index (χ1) is 6.98. The number of carbonyl (C=O) groups excluding carboxylic acids is 1. The summed E-state index contributed by atoms with van der Waals surface area (Å²) in [6.07, 6.45) is 1.43. The van der Waals surface area contributed by atoms with E-state index in [0.29, 0.717) is 12.3 Å². The zero-order valence-corrected chi connectivity index (χ0v) is 9.16. The summed E-state index contributed by atoms with van der Waals surface area (Å²) in [5.74, 6) is 0.252. The van der Waals surface area contributed by atoms with Crippen LogP contribution in [0.2, 0.25) is 0 Å². The minimum absolute atomic E-state index is 0.0676. The molecule has 1 N–H and O–H groups in total. The number of hydrogen-bond acceptors (Lipinski definition) is 2. The van der Waals surface area contributed by atoms with Crippen LogP contribution in [0.25, 0.3) is 0 Å². The van der Waals surface area contributed by atoms with Crippen molar-refractivity contribution in [3.8, 4) is 0 Å². The lowest BCUT2D eigenvalue weighted by atomic mass is 9.74. The van der Waals surface area contributed by atoms with E-state index in [2.05, 4.69) is 12.1 Å². The molecule has 0 aromatic heterocycles. The zero-order valence-electron chi connectivity index (χ0n) is 9.16. The third-order valence-corrected chi connectivity index (χ3v) is 3.08. The SMILES string of the molecule is CC(C)(O)C(=O)CC1Cc2ccccc21. The lowest BCUT2D eigenvalue weighted by Crippen LogP contribution is -2.34. The molecule has 0 aliphatic heterocycles. The van der Waals surface area contributed by atoms with Crippen molar-refractivity contribution in [3.05, 3.63) is 35.4 Å². The highest BCUT2D eigenvalue weighted by molar-refractivity contribution is 5.87. The summed E-state index contributed by atoms with van der Waals surface area (Å²) in [6, 6.07) is 8.19. The highest BCUT2D eigenvalue weighted by Gasteiger charge is 2.32. The molecule has 80 valence electrons. The lowest BCUT2D eigenvalue weighted by Gasteiger charge is -2.31. The molecule has 2 nitrogen and oxygen atoms in total. The van der Waals surface area contributed by atoms with Gasteiger partial charge in [0.2, 0.25) is 0 Å². The topological polar surface area (TPSA) is 37.3 Å². The largest absolute Gasteiger partial charge is 0.383 e. The molecule has 1 atom stereocenters. The Morgan fingerprint density at radius 3 is 2.73 bits per heavy atom. The van der Waals surface area contributed by atoms with E-state index >= 15 is 0 Å². The van der Waals surface area contributed by atoms with Gasteiger partial charge in [-0.05, 0) is 37.3 Å². The maximum absolute atomic E-state index is 11.6. The predicted molar refractivity (Wildman–Crippen MR) is 58.8 cm³/mol. The van der Waals surface area contributed by atoms with Crippen molar-refractivity contribution >= 4 is 5.78 Å². The fraction of sp³-hybridized carbons (Fsp3) is 0.462. The van der Waals surface area contributed by atoms with Gasteiger partial charge in [0.15, 0.2) is 5.78 Å². The molecular formula is C13H16O2. The Morgan fingerprint density at radius 1 is 1.47 bits per heavy atom. The fourth-order valence-corrected chi connectivity index (χ4v) is 2.02. The van der Waals surface area contributed by atoms with Gasteiger partial charge in [0.1, 0.15) is 5.60 Å². The van der Waals surface area contributed by atoms with E-state index in [-0.39, 0.29) is 5.78 Å². The van der Waals surface area contributed by atoms with Crippen LogP contribution < -0.4 is 0 Å². The van der Waals surface area contributed by atoms with Crippen LogP contribution in [0.15, 0.2) is 24.3 Å². The number of carbonyl (C=O) groups is 1. The molecule has 1 aliphatic carbocycles. The van der Waals surface area contributed by atoms with Gasteiger partial charge in [-0.2, -0.15) is 0 Å². The average Bonchev–Trinajstić information content (AvgIpc) is 2.12. The van der Waals surface area contributed by atoms with Crippen molar-refractivity contribution in [3.63, 3.8) is 0 Å². The van der Waals surface area contributed by atoms with E-state index in [0.717, 1.165) is 6.42 Å². The lowest BCUT2D eigenvalue weighted by molar-refractivity contribution is -0.134. The van der Waals surface area contributed by atoms with Crippen LogP contribution >= 0.6 is 0 Å².